The highest BCUT2D eigenvalue weighted by atomic mass is 16.6. The van der Waals surface area contributed by atoms with Gasteiger partial charge in [0.1, 0.15) is 5.75 Å². The Labute approximate surface area is 169 Å². The van der Waals surface area contributed by atoms with Crippen LogP contribution in [-0.4, -0.2) is 38.8 Å². The van der Waals surface area contributed by atoms with Gasteiger partial charge in [-0.1, -0.05) is 12.1 Å². The van der Waals surface area contributed by atoms with Crippen LogP contribution in [0.4, 0.5) is 11.4 Å². The molecule has 3 rings (SSSR count). The molecule has 0 spiro atoms. The minimum atomic E-state index is -1.38. The number of carbonyl (C=O) groups is 2. The molecule has 0 radical (unpaired) electrons. The van der Waals surface area contributed by atoms with Gasteiger partial charge in [0.2, 0.25) is 0 Å². The first-order chi connectivity index (χ1) is 14.3. The Morgan fingerprint density at radius 1 is 1.20 bits per heavy atom. The third-order valence-corrected chi connectivity index (χ3v) is 3.93. The van der Waals surface area contributed by atoms with Gasteiger partial charge in [0.15, 0.2) is 17.2 Å². The van der Waals surface area contributed by atoms with E-state index in [2.05, 4.69) is 10.4 Å². The molecule has 3 aromatic rings. The van der Waals surface area contributed by atoms with Crippen LogP contribution in [0.25, 0.3) is 0 Å². The number of para-hydroxylation sites is 2. The number of aryl methyl sites for hydroxylation is 1. The zero-order valence-electron chi connectivity index (χ0n) is 15.9. The summed E-state index contributed by atoms with van der Waals surface area (Å²) in [7, 11) is 2.92. The van der Waals surface area contributed by atoms with E-state index in [1.54, 1.807) is 24.3 Å². The fourth-order valence-electron chi connectivity index (χ4n) is 2.66. The smallest absolute Gasteiger partial charge is 0.357 e. The maximum absolute atomic E-state index is 12.5. The summed E-state index contributed by atoms with van der Waals surface area (Å²) in [4.78, 5) is 34.5. The second kappa shape index (κ2) is 8.31. The Morgan fingerprint density at radius 2 is 1.90 bits per heavy atom. The van der Waals surface area contributed by atoms with Crippen LogP contribution >= 0.6 is 0 Å². The molecule has 0 fully saturated rings. The maximum Gasteiger partial charge on any atom is 0.357 e. The van der Waals surface area contributed by atoms with Gasteiger partial charge in [-0.15, -0.1) is 0 Å². The molecular formula is C19H16N4O7. The van der Waals surface area contributed by atoms with E-state index >= 15 is 0 Å². The van der Waals surface area contributed by atoms with Crippen LogP contribution in [0.1, 0.15) is 20.8 Å². The van der Waals surface area contributed by atoms with E-state index in [9.17, 15) is 24.8 Å². The van der Waals surface area contributed by atoms with Crippen LogP contribution in [0.3, 0.4) is 0 Å². The van der Waals surface area contributed by atoms with E-state index in [1.165, 1.54) is 37.2 Å². The van der Waals surface area contributed by atoms with Crippen molar-refractivity contribution in [3.05, 3.63) is 70.0 Å². The number of nitrogens with one attached hydrogen (secondary N) is 1. The van der Waals surface area contributed by atoms with Gasteiger partial charge in [-0.2, -0.15) is 5.10 Å². The number of non-ortho nitro benzene ring substituents is 1. The number of anilines is 1. The molecule has 30 heavy (non-hydrogen) atoms. The predicted octanol–water partition coefficient (Wildman–Crippen LogP) is 3.08. The van der Waals surface area contributed by atoms with Crippen LogP contribution < -0.4 is 14.8 Å². The third-order valence-electron chi connectivity index (χ3n) is 3.93. The number of amides is 1. The molecule has 0 saturated heterocycles. The summed E-state index contributed by atoms with van der Waals surface area (Å²) in [6, 6.07) is 10.4. The van der Waals surface area contributed by atoms with Crippen molar-refractivity contribution < 1.29 is 29.1 Å². The van der Waals surface area contributed by atoms with E-state index in [0.717, 1.165) is 6.07 Å². The Kier molecular flexibility index (Phi) is 5.63. The second-order valence-electron chi connectivity index (χ2n) is 6.05. The normalized spacial score (nSPS) is 10.3. The molecule has 11 heteroatoms. The number of carboxylic acids is 1. The SMILES string of the molecule is COc1ccccc1Oc1cc(NC(=O)c2cn(C)nc2C(=O)O)cc([N+](=O)[O-])c1. The summed E-state index contributed by atoms with van der Waals surface area (Å²) in [5, 5.41) is 26.7. The Morgan fingerprint density at radius 3 is 2.53 bits per heavy atom. The van der Waals surface area contributed by atoms with Gasteiger partial charge in [0, 0.05) is 25.4 Å². The zero-order chi connectivity index (χ0) is 21.8. The van der Waals surface area contributed by atoms with E-state index in [0.29, 0.717) is 11.5 Å². The number of carboxylic acid groups (broad SMARTS) is 1. The topological polar surface area (TPSA) is 146 Å². The summed E-state index contributed by atoms with van der Waals surface area (Å²) in [6.45, 7) is 0. The quantitative estimate of drug-likeness (QED) is 0.445. The highest BCUT2D eigenvalue weighted by Gasteiger charge is 2.22. The van der Waals surface area contributed by atoms with Gasteiger partial charge < -0.3 is 19.9 Å². The van der Waals surface area contributed by atoms with E-state index < -0.39 is 22.5 Å². The highest BCUT2D eigenvalue weighted by molar-refractivity contribution is 6.10. The molecule has 0 aliphatic rings. The van der Waals surface area contributed by atoms with Gasteiger partial charge in [-0.25, -0.2) is 4.79 Å². The number of benzene rings is 2. The lowest BCUT2D eigenvalue weighted by molar-refractivity contribution is -0.384. The van der Waals surface area contributed by atoms with E-state index in [4.69, 9.17) is 9.47 Å². The number of hydrogen-bond donors (Lipinski definition) is 2. The van der Waals surface area contributed by atoms with Crippen molar-refractivity contribution in [1.82, 2.24) is 9.78 Å². The minimum Gasteiger partial charge on any atom is -0.493 e. The average Bonchev–Trinajstić information content (AvgIpc) is 3.10. The molecule has 0 atom stereocenters. The predicted molar refractivity (Wildman–Crippen MR) is 104 cm³/mol. The second-order valence-corrected chi connectivity index (χ2v) is 6.05. The number of aromatic carboxylic acids is 1. The fraction of sp³-hybridized carbons (Fsp3) is 0.105. The minimum absolute atomic E-state index is 0.0410. The van der Waals surface area contributed by atoms with Gasteiger partial charge >= 0.3 is 5.97 Å². The number of aromatic nitrogens is 2. The van der Waals surface area contributed by atoms with Crippen molar-refractivity contribution in [2.75, 3.05) is 12.4 Å². The number of hydrogen-bond acceptors (Lipinski definition) is 7. The molecule has 154 valence electrons. The van der Waals surface area contributed by atoms with Gasteiger partial charge in [-0.05, 0) is 12.1 Å². The number of nitrogens with zero attached hydrogens (tertiary/aromatic N) is 3. The standard InChI is InChI=1S/C19H16N4O7/c1-22-10-14(17(21-22)19(25)26)18(24)20-11-7-12(23(27)28)9-13(8-11)30-16-6-4-3-5-15(16)29-2/h3-10H,1-2H3,(H,20,24)(H,25,26). The highest BCUT2D eigenvalue weighted by Crippen LogP contribution is 2.34. The first kappa shape index (κ1) is 20.3. The molecule has 1 aromatic heterocycles. The molecule has 2 aromatic carbocycles. The summed E-state index contributed by atoms with van der Waals surface area (Å²) >= 11 is 0. The van der Waals surface area contributed by atoms with Crippen molar-refractivity contribution >= 4 is 23.3 Å². The molecule has 0 unspecified atom stereocenters. The van der Waals surface area contributed by atoms with Gasteiger partial charge in [0.25, 0.3) is 11.6 Å². The van der Waals surface area contributed by atoms with Gasteiger partial charge in [0.05, 0.1) is 29.4 Å². The molecule has 1 amide bonds. The maximum atomic E-state index is 12.5. The van der Waals surface area contributed by atoms with Crippen LogP contribution in [0, 0.1) is 10.1 Å². The number of nitro groups is 1. The van der Waals surface area contributed by atoms with Crippen molar-refractivity contribution in [1.29, 1.82) is 0 Å². The lowest BCUT2D eigenvalue weighted by atomic mass is 10.2. The van der Waals surface area contributed by atoms with E-state index in [-0.39, 0.29) is 22.7 Å². The fourth-order valence-corrected chi connectivity index (χ4v) is 2.66. The van der Waals surface area contributed by atoms with Crippen LogP contribution in [0.5, 0.6) is 17.2 Å². The summed E-state index contributed by atoms with van der Waals surface area (Å²) in [6.07, 6.45) is 1.24. The number of nitro benzene ring substituents is 1. The zero-order valence-corrected chi connectivity index (χ0v) is 15.9. The summed E-state index contributed by atoms with van der Waals surface area (Å²) < 4.78 is 12.1. The molecule has 0 aliphatic carbocycles. The lowest BCUT2D eigenvalue weighted by Gasteiger charge is -2.11. The summed E-state index contributed by atoms with van der Waals surface area (Å²) in [5.74, 6) is -1.35. The third kappa shape index (κ3) is 4.35. The van der Waals surface area contributed by atoms with Crippen molar-refractivity contribution in [2.45, 2.75) is 0 Å². The number of rotatable bonds is 7. The largest absolute Gasteiger partial charge is 0.493 e. The van der Waals surface area contributed by atoms with Crippen LogP contribution in [0.2, 0.25) is 0 Å². The molecule has 0 aliphatic heterocycles. The van der Waals surface area contributed by atoms with Crippen LogP contribution in [-0.2, 0) is 7.05 Å². The number of ether oxygens (including phenoxy) is 2. The first-order valence-corrected chi connectivity index (χ1v) is 8.47. The molecule has 0 bridgehead atoms. The molecule has 1 heterocycles. The number of carbonyl (C=O) groups excluding carboxylic acids is 1. The molecular weight excluding hydrogens is 396 g/mol. The van der Waals surface area contributed by atoms with Crippen molar-refractivity contribution in [3.63, 3.8) is 0 Å². The Balaban J connectivity index is 1.94. The van der Waals surface area contributed by atoms with Crippen LogP contribution in [0.15, 0.2) is 48.7 Å². The summed E-state index contributed by atoms with van der Waals surface area (Å²) in [5.41, 5.74) is -0.920. The molecule has 2 N–H and O–H groups in total. The van der Waals surface area contributed by atoms with Crippen molar-refractivity contribution in [2.24, 2.45) is 7.05 Å². The van der Waals surface area contributed by atoms with Crippen molar-refractivity contribution in [3.8, 4) is 17.2 Å². The average molecular weight is 412 g/mol. The van der Waals surface area contributed by atoms with Gasteiger partial charge in [-0.3, -0.25) is 19.6 Å². The first-order valence-electron chi connectivity index (χ1n) is 8.47. The molecule has 11 nitrogen and oxygen atoms in total. The monoisotopic (exact) mass is 412 g/mol. The Bertz CT molecular complexity index is 1140. The Hall–Kier alpha value is -4.41. The molecule has 0 saturated carbocycles. The van der Waals surface area contributed by atoms with E-state index in [1.807, 2.05) is 0 Å². The number of methoxy groups -OCH3 is 1. The lowest BCUT2D eigenvalue weighted by Crippen LogP contribution is -2.15.